The first-order chi connectivity index (χ1) is 7.74. The van der Waals surface area contributed by atoms with E-state index in [1.165, 1.54) is 36.1 Å². The number of thiophene rings is 1. The minimum Gasteiger partial charge on any atom is -0.271 e. The lowest BCUT2D eigenvalue weighted by Crippen LogP contribution is -2.32. The molecule has 2 nitrogen and oxygen atoms in total. The van der Waals surface area contributed by atoms with Gasteiger partial charge in [0.05, 0.1) is 0 Å². The van der Waals surface area contributed by atoms with Gasteiger partial charge in [0.15, 0.2) is 0 Å². The van der Waals surface area contributed by atoms with Gasteiger partial charge in [-0.15, -0.1) is 11.3 Å². The number of hydrogen-bond acceptors (Lipinski definition) is 3. The number of aryl methyl sites for hydroxylation is 1. The highest BCUT2D eigenvalue weighted by atomic mass is 32.1. The number of hydrazine groups is 1. The summed E-state index contributed by atoms with van der Waals surface area (Å²) in [6, 6.07) is 2.63. The third-order valence-corrected chi connectivity index (χ3v) is 4.80. The molecule has 3 heteroatoms. The monoisotopic (exact) mass is 238 g/mol. The molecular formula is C13H22N2S. The molecule has 0 bridgehead atoms. The highest BCUT2D eigenvalue weighted by molar-refractivity contribution is 7.10. The van der Waals surface area contributed by atoms with Crippen molar-refractivity contribution in [2.45, 2.75) is 45.6 Å². The first-order valence-corrected chi connectivity index (χ1v) is 7.13. The second-order valence-electron chi connectivity index (χ2n) is 4.98. The lowest BCUT2D eigenvalue weighted by atomic mass is 9.92. The van der Waals surface area contributed by atoms with Gasteiger partial charge >= 0.3 is 0 Å². The Bertz CT molecular complexity index is 334. The van der Waals surface area contributed by atoms with Crippen molar-refractivity contribution in [1.29, 1.82) is 0 Å². The molecule has 1 aliphatic carbocycles. The first-order valence-electron chi connectivity index (χ1n) is 6.25. The Morgan fingerprint density at radius 1 is 1.56 bits per heavy atom. The van der Waals surface area contributed by atoms with Gasteiger partial charge in [0.2, 0.25) is 0 Å². The van der Waals surface area contributed by atoms with Crippen LogP contribution in [0.3, 0.4) is 0 Å². The summed E-state index contributed by atoms with van der Waals surface area (Å²) in [4.78, 5) is 1.38. The third-order valence-electron chi connectivity index (χ3n) is 3.92. The molecule has 3 N–H and O–H groups in total. The quantitative estimate of drug-likeness (QED) is 0.623. The maximum Gasteiger partial charge on any atom is 0.0496 e. The third kappa shape index (κ3) is 2.47. The summed E-state index contributed by atoms with van der Waals surface area (Å²) >= 11 is 1.82. The average Bonchev–Trinajstić information content (AvgIpc) is 2.89. The Morgan fingerprint density at radius 3 is 2.88 bits per heavy atom. The molecule has 0 aliphatic heterocycles. The van der Waals surface area contributed by atoms with Crippen LogP contribution in [0.1, 0.15) is 49.1 Å². The highest BCUT2D eigenvalue weighted by Crippen LogP contribution is 2.40. The molecule has 0 spiro atoms. The van der Waals surface area contributed by atoms with Crippen LogP contribution in [0.5, 0.6) is 0 Å². The zero-order chi connectivity index (χ0) is 11.5. The summed E-state index contributed by atoms with van der Waals surface area (Å²) in [5, 5.41) is 2.25. The van der Waals surface area contributed by atoms with Crippen LogP contribution < -0.4 is 11.3 Å². The molecule has 0 saturated heterocycles. The maximum absolute atomic E-state index is 5.74. The van der Waals surface area contributed by atoms with E-state index in [4.69, 9.17) is 5.84 Å². The highest BCUT2D eigenvalue weighted by Gasteiger charge is 2.30. The van der Waals surface area contributed by atoms with Gasteiger partial charge in [-0.05, 0) is 48.6 Å². The molecule has 1 aromatic heterocycles. The Hall–Kier alpha value is -0.380. The van der Waals surface area contributed by atoms with Crippen molar-refractivity contribution < 1.29 is 0 Å². The lowest BCUT2D eigenvalue weighted by molar-refractivity contribution is 0.359. The van der Waals surface area contributed by atoms with Gasteiger partial charge in [-0.25, -0.2) is 0 Å². The standard InChI is InChI=1S/C13H22N2S/c1-3-10-4-5-11(7-10)13(15-14)12-6-9(2)16-8-12/h6,8,10-11,13,15H,3-5,7,14H2,1-2H3. The van der Waals surface area contributed by atoms with Gasteiger partial charge < -0.3 is 0 Å². The molecule has 0 amide bonds. The first kappa shape index (κ1) is 12.1. The van der Waals surface area contributed by atoms with Crippen LogP contribution in [0.15, 0.2) is 11.4 Å². The van der Waals surface area contributed by atoms with E-state index in [0.717, 1.165) is 11.8 Å². The normalized spacial score (nSPS) is 27.2. The number of hydrogen-bond donors (Lipinski definition) is 2. The fourth-order valence-electron chi connectivity index (χ4n) is 2.92. The van der Waals surface area contributed by atoms with Crippen LogP contribution in [0.2, 0.25) is 0 Å². The average molecular weight is 238 g/mol. The maximum atomic E-state index is 5.74. The van der Waals surface area contributed by atoms with Crippen LogP contribution in [0, 0.1) is 18.8 Å². The van der Waals surface area contributed by atoms with E-state index in [0.29, 0.717) is 6.04 Å². The molecule has 1 saturated carbocycles. The van der Waals surface area contributed by atoms with Crippen LogP contribution in [-0.4, -0.2) is 0 Å². The van der Waals surface area contributed by atoms with E-state index in [2.05, 4.69) is 30.7 Å². The number of nitrogens with one attached hydrogen (secondary N) is 1. The topological polar surface area (TPSA) is 38.0 Å². The summed E-state index contributed by atoms with van der Waals surface area (Å²) in [6.07, 6.45) is 5.35. The molecule has 2 rings (SSSR count). The van der Waals surface area contributed by atoms with E-state index in [-0.39, 0.29) is 0 Å². The smallest absolute Gasteiger partial charge is 0.0496 e. The summed E-state index contributed by atoms with van der Waals surface area (Å²) in [5.74, 6) is 7.38. The summed E-state index contributed by atoms with van der Waals surface area (Å²) in [5.41, 5.74) is 4.41. The Labute approximate surface area is 102 Å². The van der Waals surface area contributed by atoms with Crippen molar-refractivity contribution in [1.82, 2.24) is 5.43 Å². The van der Waals surface area contributed by atoms with Gasteiger partial charge in [-0.2, -0.15) is 0 Å². The van der Waals surface area contributed by atoms with E-state index in [9.17, 15) is 0 Å². The molecule has 0 aromatic carbocycles. The van der Waals surface area contributed by atoms with Crippen molar-refractivity contribution in [3.8, 4) is 0 Å². The van der Waals surface area contributed by atoms with Crippen molar-refractivity contribution in [2.24, 2.45) is 17.7 Å². The molecule has 90 valence electrons. The molecular weight excluding hydrogens is 216 g/mol. The van der Waals surface area contributed by atoms with Crippen LogP contribution in [0.4, 0.5) is 0 Å². The zero-order valence-corrected chi connectivity index (χ0v) is 11.0. The molecule has 1 aromatic rings. The summed E-state index contributed by atoms with van der Waals surface area (Å²) in [7, 11) is 0. The molecule has 1 heterocycles. The fourth-order valence-corrected chi connectivity index (χ4v) is 3.66. The molecule has 1 aliphatic rings. The van der Waals surface area contributed by atoms with Gasteiger partial charge in [0.25, 0.3) is 0 Å². The molecule has 1 fully saturated rings. The predicted octanol–water partition coefficient (Wildman–Crippen LogP) is 3.39. The van der Waals surface area contributed by atoms with E-state index >= 15 is 0 Å². The van der Waals surface area contributed by atoms with Gasteiger partial charge in [0.1, 0.15) is 0 Å². The Morgan fingerprint density at radius 2 is 2.38 bits per heavy atom. The summed E-state index contributed by atoms with van der Waals surface area (Å²) < 4.78 is 0. The Balaban J connectivity index is 2.06. The van der Waals surface area contributed by atoms with Crippen molar-refractivity contribution in [3.63, 3.8) is 0 Å². The van der Waals surface area contributed by atoms with E-state index in [1.807, 2.05) is 11.3 Å². The predicted molar refractivity (Wildman–Crippen MR) is 70.2 cm³/mol. The molecule has 3 atom stereocenters. The van der Waals surface area contributed by atoms with E-state index < -0.39 is 0 Å². The van der Waals surface area contributed by atoms with Gasteiger partial charge in [-0.1, -0.05) is 19.8 Å². The minimum atomic E-state index is 0.362. The fraction of sp³-hybridized carbons (Fsp3) is 0.692. The van der Waals surface area contributed by atoms with E-state index in [1.54, 1.807) is 0 Å². The SMILES string of the molecule is CCC1CCC(C(NN)c2csc(C)c2)C1. The lowest BCUT2D eigenvalue weighted by Gasteiger charge is -2.22. The number of rotatable bonds is 4. The molecule has 16 heavy (non-hydrogen) atoms. The second-order valence-corrected chi connectivity index (χ2v) is 6.10. The molecule has 3 unspecified atom stereocenters. The minimum absolute atomic E-state index is 0.362. The zero-order valence-electron chi connectivity index (χ0n) is 10.2. The second kappa shape index (κ2) is 5.30. The Kier molecular flexibility index (Phi) is 4.00. The van der Waals surface area contributed by atoms with Crippen molar-refractivity contribution >= 4 is 11.3 Å². The van der Waals surface area contributed by atoms with Gasteiger partial charge in [-0.3, -0.25) is 11.3 Å². The summed E-state index contributed by atoms with van der Waals surface area (Å²) in [6.45, 7) is 4.46. The van der Waals surface area contributed by atoms with Crippen molar-refractivity contribution in [3.05, 3.63) is 21.9 Å². The van der Waals surface area contributed by atoms with Gasteiger partial charge in [0, 0.05) is 10.9 Å². The van der Waals surface area contributed by atoms with Crippen molar-refractivity contribution in [2.75, 3.05) is 0 Å². The largest absolute Gasteiger partial charge is 0.271 e. The van der Waals surface area contributed by atoms with Crippen LogP contribution in [-0.2, 0) is 0 Å². The molecule has 0 radical (unpaired) electrons. The van der Waals surface area contributed by atoms with Crippen LogP contribution >= 0.6 is 11.3 Å². The number of nitrogens with two attached hydrogens (primary N) is 1. The van der Waals surface area contributed by atoms with Crippen LogP contribution in [0.25, 0.3) is 0 Å².